The summed E-state index contributed by atoms with van der Waals surface area (Å²) in [6.07, 6.45) is 3.31. The van der Waals surface area contributed by atoms with E-state index < -0.39 is 0 Å². The quantitative estimate of drug-likeness (QED) is 0.795. The van der Waals surface area contributed by atoms with Gasteiger partial charge in [0.05, 0.1) is 0 Å². The fourth-order valence-corrected chi connectivity index (χ4v) is 3.09. The van der Waals surface area contributed by atoms with Crippen molar-refractivity contribution in [3.63, 3.8) is 0 Å². The number of hydrogen-bond acceptors (Lipinski definition) is 2. The molecule has 0 bridgehead atoms. The number of carbonyl (C=O) groups excluding carboxylic acids is 1. The molecule has 0 saturated carbocycles. The molecule has 0 aliphatic carbocycles. The molecule has 1 saturated heterocycles. The molecule has 1 fully saturated rings. The SMILES string of the molecule is Cc1cccc(N2CCN(C(=O)C=Cc3ccc(F)cc3)CC2)c1C. The first-order chi connectivity index (χ1) is 12.0. The first kappa shape index (κ1) is 17.2. The van der Waals surface area contributed by atoms with Crippen LogP contribution >= 0.6 is 0 Å². The summed E-state index contributed by atoms with van der Waals surface area (Å²) in [6, 6.07) is 12.5. The van der Waals surface area contributed by atoms with E-state index in [2.05, 4.69) is 36.9 Å². The Morgan fingerprint density at radius 2 is 1.68 bits per heavy atom. The summed E-state index contributed by atoms with van der Waals surface area (Å²) in [7, 11) is 0. The first-order valence-electron chi connectivity index (χ1n) is 8.58. The number of benzene rings is 2. The van der Waals surface area contributed by atoms with Crippen LogP contribution in [0.2, 0.25) is 0 Å². The van der Waals surface area contributed by atoms with Gasteiger partial charge >= 0.3 is 0 Å². The number of carbonyl (C=O) groups is 1. The van der Waals surface area contributed by atoms with Crippen molar-refractivity contribution in [2.24, 2.45) is 0 Å². The Hall–Kier alpha value is -2.62. The van der Waals surface area contributed by atoms with Gasteiger partial charge in [0, 0.05) is 37.9 Å². The van der Waals surface area contributed by atoms with Crippen molar-refractivity contribution in [3.8, 4) is 0 Å². The molecule has 4 heteroatoms. The topological polar surface area (TPSA) is 23.6 Å². The van der Waals surface area contributed by atoms with Crippen LogP contribution < -0.4 is 4.90 Å². The molecule has 1 aliphatic heterocycles. The Kier molecular flexibility index (Phi) is 5.17. The van der Waals surface area contributed by atoms with Gasteiger partial charge < -0.3 is 9.80 Å². The Morgan fingerprint density at radius 3 is 2.36 bits per heavy atom. The maximum Gasteiger partial charge on any atom is 0.246 e. The number of hydrogen-bond donors (Lipinski definition) is 0. The molecule has 2 aromatic carbocycles. The van der Waals surface area contributed by atoms with E-state index in [0.717, 1.165) is 18.7 Å². The van der Waals surface area contributed by atoms with Gasteiger partial charge in [-0.3, -0.25) is 4.79 Å². The van der Waals surface area contributed by atoms with Crippen molar-refractivity contribution < 1.29 is 9.18 Å². The Bertz CT molecular complexity index is 775. The Morgan fingerprint density at radius 1 is 1.00 bits per heavy atom. The molecule has 3 rings (SSSR count). The van der Waals surface area contributed by atoms with E-state index in [4.69, 9.17) is 0 Å². The highest BCUT2D eigenvalue weighted by atomic mass is 19.1. The highest BCUT2D eigenvalue weighted by Gasteiger charge is 2.20. The number of anilines is 1. The van der Waals surface area contributed by atoms with Crippen LogP contribution in [-0.2, 0) is 4.79 Å². The summed E-state index contributed by atoms with van der Waals surface area (Å²) in [4.78, 5) is 16.6. The van der Waals surface area contributed by atoms with E-state index in [9.17, 15) is 9.18 Å². The molecule has 0 N–H and O–H groups in total. The van der Waals surface area contributed by atoms with Crippen LogP contribution in [0.1, 0.15) is 16.7 Å². The van der Waals surface area contributed by atoms with Crippen LogP contribution in [0.15, 0.2) is 48.5 Å². The van der Waals surface area contributed by atoms with E-state index in [1.54, 1.807) is 24.3 Å². The van der Waals surface area contributed by atoms with E-state index in [1.165, 1.54) is 28.9 Å². The Labute approximate surface area is 148 Å². The molecular formula is C21H23FN2O. The summed E-state index contributed by atoms with van der Waals surface area (Å²) < 4.78 is 12.9. The monoisotopic (exact) mass is 338 g/mol. The molecule has 130 valence electrons. The molecule has 25 heavy (non-hydrogen) atoms. The third kappa shape index (κ3) is 4.08. The molecule has 1 amide bonds. The molecular weight excluding hydrogens is 315 g/mol. The molecule has 0 atom stereocenters. The van der Waals surface area contributed by atoms with Gasteiger partial charge in [-0.1, -0.05) is 24.3 Å². The second kappa shape index (κ2) is 7.51. The minimum atomic E-state index is -0.272. The van der Waals surface area contributed by atoms with E-state index >= 15 is 0 Å². The summed E-state index contributed by atoms with van der Waals surface area (Å²) in [5, 5.41) is 0. The molecule has 0 aromatic heterocycles. The van der Waals surface area contributed by atoms with Crippen molar-refractivity contribution >= 4 is 17.7 Å². The summed E-state index contributed by atoms with van der Waals surface area (Å²) in [5.74, 6) is -0.268. The van der Waals surface area contributed by atoms with Gasteiger partial charge in [-0.25, -0.2) is 4.39 Å². The standard InChI is InChI=1S/C21H23FN2O/c1-16-4-3-5-20(17(16)2)23-12-14-24(15-13-23)21(25)11-8-18-6-9-19(22)10-7-18/h3-11H,12-15H2,1-2H3. The lowest BCUT2D eigenvalue weighted by atomic mass is 10.1. The largest absolute Gasteiger partial charge is 0.368 e. The maximum absolute atomic E-state index is 12.9. The number of piperazine rings is 1. The minimum Gasteiger partial charge on any atom is -0.368 e. The molecule has 0 spiro atoms. The van der Waals surface area contributed by atoms with E-state index in [0.29, 0.717) is 13.1 Å². The predicted molar refractivity (Wildman–Crippen MR) is 100 cm³/mol. The third-order valence-electron chi connectivity index (χ3n) is 4.80. The van der Waals surface area contributed by atoms with Gasteiger partial charge in [0.2, 0.25) is 5.91 Å². The fraction of sp³-hybridized carbons (Fsp3) is 0.286. The van der Waals surface area contributed by atoms with Crippen molar-refractivity contribution in [2.45, 2.75) is 13.8 Å². The van der Waals surface area contributed by atoms with Crippen LogP contribution in [0, 0.1) is 19.7 Å². The van der Waals surface area contributed by atoms with Crippen LogP contribution in [0.3, 0.4) is 0 Å². The first-order valence-corrected chi connectivity index (χ1v) is 8.58. The highest BCUT2D eigenvalue weighted by Crippen LogP contribution is 2.23. The summed E-state index contributed by atoms with van der Waals surface area (Å²) in [6.45, 7) is 7.35. The predicted octanol–water partition coefficient (Wildman–Crippen LogP) is 3.80. The van der Waals surface area contributed by atoms with Gasteiger partial charge in [0.15, 0.2) is 0 Å². The lowest BCUT2D eigenvalue weighted by Crippen LogP contribution is -2.48. The molecule has 1 heterocycles. The average Bonchev–Trinajstić information content (AvgIpc) is 2.63. The number of nitrogens with zero attached hydrogens (tertiary/aromatic N) is 2. The van der Waals surface area contributed by atoms with Crippen LogP contribution in [0.4, 0.5) is 10.1 Å². The normalized spacial score (nSPS) is 15.0. The third-order valence-corrected chi connectivity index (χ3v) is 4.80. The molecule has 0 unspecified atom stereocenters. The lowest BCUT2D eigenvalue weighted by molar-refractivity contribution is -0.126. The van der Waals surface area contributed by atoms with Crippen LogP contribution in [-0.4, -0.2) is 37.0 Å². The zero-order valence-corrected chi connectivity index (χ0v) is 14.7. The number of amides is 1. The fourth-order valence-electron chi connectivity index (χ4n) is 3.09. The van der Waals surface area contributed by atoms with Crippen molar-refractivity contribution in [1.82, 2.24) is 4.90 Å². The average molecular weight is 338 g/mol. The minimum absolute atomic E-state index is 0.00457. The Balaban J connectivity index is 1.59. The molecule has 0 radical (unpaired) electrons. The molecule has 2 aromatic rings. The zero-order valence-electron chi connectivity index (χ0n) is 14.7. The summed E-state index contributed by atoms with van der Waals surface area (Å²) >= 11 is 0. The lowest BCUT2D eigenvalue weighted by Gasteiger charge is -2.36. The van der Waals surface area contributed by atoms with Gasteiger partial charge in [0.1, 0.15) is 5.82 Å². The van der Waals surface area contributed by atoms with Gasteiger partial charge in [-0.2, -0.15) is 0 Å². The maximum atomic E-state index is 12.9. The summed E-state index contributed by atoms with van der Waals surface area (Å²) in [5.41, 5.74) is 4.68. The molecule has 1 aliphatic rings. The van der Waals surface area contributed by atoms with E-state index in [1.807, 2.05) is 4.90 Å². The second-order valence-electron chi connectivity index (χ2n) is 6.42. The van der Waals surface area contributed by atoms with Crippen molar-refractivity contribution in [1.29, 1.82) is 0 Å². The van der Waals surface area contributed by atoms with Crippen molar-refractivity contribution in [2.75, 3.05) is 31.1 Å². The van der Waals surface area contributed by atoms with Crippen LogP contribution in [0.25, 0.3) is 6.08 Å². The van der Waals surface area contributed by atoms with Gasteiger partial charge in [-0.05, 0) is 54.8 Å². The molecule has 3 nitrogen and oxygen atoms in total. The van der Waals surface area contributed by atoms with E-state index in [-0.39, 0.29) is 11.7 Å². The van der Waals surface area contributed by atoms with Gasteiger partial charge in [-0.15, -0.1) is 0 Å². The highest BCUT2D eigenvalue weighted by molar-refractivity contribution is 5.92. The van der Waals surface area contributed by atoms with Gasteiger partial charge in [0.25, 0.3) is 0 Å². The number of rotatable bonds is 3. The van der Waals surface area contributed by atoms with Crippen LogP contribution in [0.5, 0.6) is 0 Å². The zero-order chi connectivity index (χ0) is 17.8. The van der Waals surface area contributed by atoms with Crippen molar-refractivity contribution in [3.05, 3.63) is 71.0 Å². The number of aryl methyl sites for hydroxylation is 1. The smallest absolute Gasteiger partial charge is 0.246 e. The second-order valence-corrected chi connectivity index (χ2v) is 6.42. The number of halogens is 1.